The van der Waals surface area contributed by atoms with Crippen molar-refractivity contribution in [2.45, 2.75) is 33.1 Å². The van der Waals surface area contributed by atoms with Crippen LogP contribution in [0.4, 0.5) is 0 Å². The van der Waals surface area contributed by atoms with Crippen molar-refractivity contribution in [1.29, 1.82) is 0 Å². The summed E-state index contributed by atoms with van der Waals surface area (Å²) in [5.74, 6) is 2.83. The Bertz CT molecular complexity index is 443. The first-order valence-corrected chi connectivity index (χ1v) is 8.29. The summed E-state index contributed by atoms with van der Waals surface area (Å²) in [5, 5.41) is 0. The van der Waals surface area contributed by atoms with E-state index in [0.717, 1.165) is 31.7 Å². The summed E-state index contributed by atoms with van der Waals surface area (Å²) >= 11 is 1.85. The molecule has 1 fully saturated rings. The third-order valence-corrected chi connectivity index (χ3v) is 4.35. The van der Waals surface area contributed by atoms with E-state index in [1.807, 2.05) is 30.5 Å². The fourth-order valence-corrected chi connectivity index (χ4v) is 3.31. The Morgan fingerprint density at radius 1 is 1.58 bits per heavy atom. The van der Waals surface area contributed by atoms with Gasteiger partial charge in [-0.25, -0.2) is 4.98 Å². The van der Waals surface area contributed by atoms with E-state index in [0.29, 0.717) is 23.3 Å². The van der Waals surface area contributed by atoms with Gasteiger partial charge < -0.3 is 9.32 Å². The van der Waals surface area contributed by atoms with Crippen LogP contribution in [0.1, 0.15) is 41.9 Å². The second kappa shape index (κ2) is 6.46. The molecule has 1 aliphatic rings. The van der Waals surface area contributed by atoms with Crippen LogP contribution in [0.15, 0.2) is 4.42 Å². The molecule has 0 aliphatic carbocycles. The molecule has 19 heavy (non-hydrogen) atoms. The molecule has 1 saturated heterocycles. The number of hydrogen-bond acceptors (Lipinski definition) is 4. The number of amides is 1. The van der Waals surface area contributed by atoms with Gasteiger partial charge >= 0.3 is 0 Å². The van der Waals surface area contributed by atoms with Gasteiger partial charge in [0.15, 0.2) is 5.89 Å². The third kappa shape index (κ3) is 3.32. The lowest BCUT2D eigenvalue weighted by Gasteiger charge is -2.31. The van der Waals surface area contributed by atoms with Gasteiger partial charge in [-0.2, -0.15) is 11.8 Å². The molecule has 1 aliphatic heterocycles. The number of oxazole rings is 1. The zero-order valence-corrected chi connectivity index (χ0v) is 12.8. The molecule has 2 rings (SSSR count). The number of piperidine rings is 1. The van der Waals surface area contributed by atoms with E-state index in [1.54, 1.807) is 0 Å². The van der Waals surface area contributed by atoms with Crippen LogP contribution in [0.5, 0.6) is 0 Å². The average molecular weight is 282 g/mol. The molecule has 5 heteroatoms. The van der Waals surface area contributed by atoms with Crippen LogP contribution < -0.4 is 0 Å². The lowest BCUT2D eigenvalue weighted by atomic mass is 10.00. The normalized spacial score (nSPS) is 19.7. The van der Waals surface area contributed by atoms with Gasteiger partial charge in [0.2, 0.25) is 5.76 Å². The molecule has 1 amide bonds. The number of carbonyl (C=O) groups excluding carboxylic acids is 1. The second-order valence-electron chi connectivity index (χ2n) is 5.09. The lowest BCUT2D eigenvalue weighted by Crippen LogP contribution is -2.40. The molecule has 4 nitrogen and oxygen atoms in total. The second-order valence-corrected chi connectivity index (χ2v) is 6.00. The quantitative estimate of drug-likeness (QED) is 0.852. The third-order valence-electron chi connectivity index (χ3n) is 3.55. The average Bonchev–Trinajstić information content (AvgIpc) is 2.80. The van der Waals surface area contributed by atoms with Gasteiger partial charge in [-0.1, -0.05) is 6.92 Å². The van der Waals surface area contributed by atoms with E-state index in [2.05, 4.69) is 11.2 Å². The summed E-state index contributed by atoms with van der Waals surface area (Å²) in [6.45, 7) is 5.51. The Morgan fingerprint density at radius 2 is 2.37 bits per heavy atom. The van der Waals surface area contributed by atoms with Crippen LogP contribution in [0.3, 0.4) is 0 Å². The molecule has 0 saturated carbocycles. The molecule has 0 unspecified atom stereocenters. The molecule has 0 aromatic carbocycles. The molecule has 1 atom stereocenters. The number of hydrogen-bond donors (Lipinski definition) is 0. The first-order chi connectivity index (χ1) is 9.15. The topological polar surface area (TPSA) is 46.3 Å². The molecule has 0 spiro atoms. The smallest absolute Gasteiger partial charge is 0.291 e. The van der Waals surface area contributed by atoms with Crippen molar-refractivity contribution >= 4 is 17.7 Å². The number of aromatic nitrogens is 1. The van der Waals surface area contributed by atoms with Crippen molar-refractivity contribution in [3.8, 4) is 0 Å². The van der Waals surface area contributed by atoms with Crippen LogP contribution in [-0.2, 0) is 6.42 Å². The summed E-state index contributed by atoms with van der Waals surface area (Å²) in [4.78, 5) is 18.7. The minimum atomic E-state index is 0.00973. The van der Waals surface area contributed by atoms with Gasteiger partial charge in [-0.15, -0.1) is 0 Å². The fourth-order valence-electron chi connectivity index (χ4n) is 2.57. The van der Waals surface area contributed by atoms with E-state index in [-0.39, 0.29) is 5.91 Å². The number of rotatable bonds is 4. The molecule has 0 radical (unpaired) electrons. The van der Waals surface area contributed by atoms with Crippen LogP contribution in [-0.4, -0.2) is 40.9 Å². The van der Waals surface area contributed by atoms with Crippen LogP contribution in [0.25, 0.3) is 0 Å². The summed E-state index contributed by atoms with van der Waals surface area (Å²) < 4.78 is 5.57. The first-order valence-electron chi connectivity index (χ1n) is 6.90. The van der Waals surface area contributed by atoms with Crippen molar-refractivity contribution in [3.05, 3.63) is 17.3 Å². The molecular formula is C14H22N2O2S. The van der Waals surface area contributed by atoms with E-state index < -0.39 is 0 Å². The van der Waals surface area contributed by atoms with Gasteiger partial charge in [-0.05, 0) is 37.7 Å². The number of aryl methyl sites for hydroxylation is 2. The van der Waals surface area contributed by atoms with Crippen LogP contribution >= 0.6 is 11.8 Å². The number of nitrogens with zero attached hydrogens (tertiary/aromatic N) is 2. The maximum atomic E-state index is 12.5. The standard InChI is InChI=1S/C14H22N2O2S/c1-4-12-15-10(2)13(18-12)14(17)16-7-5-6-11(8-16)9-19-3/h11H,4-9H2,1-3H3/t11-/m0/s1. The highest BCUT2D eigenvalue weighted by Crippen LogP contribution is 2.22. The molecule has 0 bridgehead atoms. The predicted octanol–water partition coefficient (Wildman–Crippen LogP) is 2.76. The van der Waals surface area contributed by atoms with Crippen molar-refractivity contribution in [3.63, 3.8) is 0 Å². The first kappa shape index (κ1) is 14.4. The minimum Gasteiger partial charge on any atom is -0.435 e. The Morgan fingerprint density at radius 3 is 3.00 bits per heavy atom. The number of likely N-dealkylation sites (tertiary alicyclic amines) is 1. The van der Waals surface area contributed by atoms with Crippen molar-refractivity contribution < 1.29 is 9.21 Å². The van der Waals surface area contributed by atoms with Crippen molar-refractivity contribution in [1.82, 2.24) is 9.88 Å². The molecule has 1 aromatic heterocycles. The lowest BCUT2D eigenvalue weighted by molar-refractivity contribution is 0.0650. The SMILES string of the molecule is CCc1nc(C)c(C(=O)N2CCC[C@H](CSC)C2)o1. The van der Waals surface area contributed by atoms with E-state index in [4.69, 9.17) is 4.42 Å². The van der Waals surface area contributed by atoms with Gasteiger partial charge in [-0.3, -0.25) is 4.79 Å². The van der Waals surface area contributed by atoms with Gasteiger partial charge in [0, 0.05) is 19.5 Å². The Balaban J connectivity index is 2.07. The summed E-state index contributed by atoms with van der Waals surface area (Å²) in [5.41, 5.74) is 0.717. The van der Waals surface area contributed by atoms with E-state index in [9.17, 15) is 4.79 Å². The highest BCUT2D eigenvalue weighted by molar-refractivity contribution is 7.98. The highest BCUT2D eigenvalue weighted by Gasteiger charge is 2.27. The van der Waals surface area contributed by atoms with E-state index >= 15 is 0 Å². The largest absolute Gasteiger partial charge is 0.435 e. The van der Waals surface area contributed by atoms with Crippen molar-refractivity contribution in [2.75, 3.05) is 25.1 Å². The molecule has 0 N–H and O–H groups in total. The molecule has 2 heterocycles. The molecular weight excluding hydrogens is 260 g/mol. The number of carbonyl (C=O) groups is 1. The fraction of sp³-hybridized carbons (Fsp3) is 0.714. The Labute approximate surface area is 118 Å². The van der Waals surface area contributed by atoms with Gasteiger partial charge in [0.1, 0.15) is 0 Å². The Hall–Kier alpha value is -0.970. The van der Waals surface area contributed by atoms with Gasteiger partial charge in [0.05, 0.1) is 5.69 Å². The zero-order chi connectivity index (χ0) is 13.8. The zero-order valence-electron chi connectivity index (χ0n) is 11.9. The van der Waals surface area contributed by atoms with Crippen LogP contribution in [0, 0.1) is 12.8 Å². The number of thioether (sulfide) groups is 1. The summed E-state index contributed by atoms with van der Waals surface area (Å²) in [7, 11) is 0. The Kier molecular flexibility index (Phi) is 4.91. The van der Waals surface area contributed by atoms with Crippen molar-refractivity contribution in [2.24, 2.45) is 5.92 Å². The van der Waals surface area contributed by atoms with E-state index in [1.165, 1.54) is 6.42 Å². The summed E-state index contributed by atoms with van der Waals surface area (Å²) in [6, 6.07) is 0. The maximum Gasteiger partial charge on any atom is 0.291 e. The van der Waals surface area contributed by atoms with Gasteiger partial charge in [0.25, 0.3) is 5.91 Å². The summed E-state index contributed by atoms with van der Waals surface area (Å²) in [6.07, 6.45) is 5.16. The minimum absolute atomic E-state index is 0.00973. The monoisotopic (exact) mass is 282 g/mol. The highest BCUT2D eigenvalue weighted by atomic mass is 32.2. The maximum absolute atomic E-state index is 12.5. The van der Waals surface area contributed by atoms with Crippen LogP contribution in [0.2, 0.25) is 0 Å². The molecule has 1 aromatic rings. The predicted molar refractivity (Wildman–Crippen MR) is 77.6 cm³/mol. The molecule has 106 valence electrons.